The molecule has 17 heavy (non-hydrogen) atoms. The zero-order valence-corrected chi connectivity index (χ0v) is 11.1. The lowest BCUT2D eigenvalue weighted by molar-refractivity contribution is 0.604. The van der Waals surface area contributed by atoms with Crippen LogP contribution in [-0.2, 0) is 9.84 Å². The van der Waals surface area contributed by atoms with E-state index in [1.54, 1.807) is 30.3 Å². The van der Waals surface area contributed by atoms with Gasteiger partial charge in [0.15, 0.2) is 0 Å². The molecule has 3 heteroatoms. The van der Waals surface area contributed by atoms with Crippen molar-refractivity contribution in [2.45, 2.75) is 38.0 Å². The highest BCUT2D eigenvalue weighted by Crippen LogP contribution is 2.12. The molecule has 0 aliphatic heterocycles. The summed E-state index contributed by atoms with van der Waals surface area (Å²) in [6, 6.07) is 6.83. The van der Waals surface area contributed by atoms with E-state index in [0.29, 0.717) is 4.90 Å². The molecule has 0 radical (unpaired) electrons. The first-order chi connectivity index (χ1) is 8.06. The number of sulfone groups is 1. The Bertz CT molecular complexity index is 504. The molecule has 0 heterocycles. The molecule has 0 atom stereocenters. The van der Waals surface area contributed by atoms with E-state index >= 15 is 0 Å². The SMILES string of the molecule is CCCCC=C=CS(=O)(=O)c1ccc(C)cc1. The Morgan fingerprint density at radius 1 is 1.24 bits per heavy atom. The Balaban J connectivity index is 2.82. The van der Waals surface area contributed by atoms with Gasteiger partial charge in [0.2, 0.25) is 9.84 Å². The molecule has 0 aliphatic carbocycles. The maximum atomic E-state index is 11.8. The third-order valence-corrected chi connectivity index (χ3v) is 3.77. The summed E-state index contributed by atoms with van der Waals surface area (Å²) in [6.45, 7) is 4.03. The Morgan fingerprint density at radius 3 is 2.47 bits per heavy atom. The number of allylic oxidation sites excluding steroid dienone is 1. The summed E-state index contributed by atoms with van der Waals surface area (Å²) in [4.78, 5) is 0.319. The van der Waals surface area contributed by atoms with Gasteiger partial charge in [0, 0.05) is 0 Å². The van der Waals surface area contributed by atoms with Crippen molar-refractivity contribution >= 4 is 9.84 Å². The first kappa shape index (κ1) is 13.8. The fourth-order valence-electron chi connectivity index (χ4n) is 1.32. The topological polar surface area (TPSA) is 34.1 Å². The highest BCUT2D eigenvalue weighted by Gasteiger charge is 2.08. The molecule has 92 valence electrons. The second-order valence-electron chi connectivity index (χ2n) is 3.99. The quantitative estimate of drug-likeness (QED) is 0.590. The molecule has 0 saturated carbocycles. The number of aryl methyl sites for hydroxylation is 1. The first-order valence-electron chi connectivity index (χ1n) is 5.79. The normalized spacial score (nSPS) is 10.7. The molecule has 0 amide bonds. The lowest BCUT2D eigenvalue weighted by Gasteiger charge is -1.97. The maximum absolute atomic E-state index is 11.8. The van der Waals surface area contributed by atoms with Crippen molar-refractivity contribution in [2.24, 2.45) is 0 Å². The van der Waals surface area contributed by atoms with Crippen molar-refractivity contribution in [2.75, 3.05) is 0 Å². The van der Waals surface area contributed by atoms with E-state index in [1.165, 1.54) is 0 Å². The van der Waals surface area contributed by atoms with Crippen LogP contribution in [0.1, 0.15) is 31.7 Å². The molecule has 1 aromatic carbocycles. The second-order valence-corrected chi connectivity index (χ2v) is 5.79. The van der Waals surface area contributed by atoms with Crippen molar-refractivity contribution in [3.8, 4) is 0 Å². The van der Waals surface area contributed by atoms with E-state index in [4.69, 9.17) is 0 Å². The average molecular weight is 250 g/mol. The summed E-state index contributed by atoms with van der Waals surface area (Å²) in [5.41, 5.74) is 3.78. The molecule has 0 N–H and O–H groups in total. The van der Waals surface area contributed by atoms with Crippen LogP contribution in [0.15, 0.2) is 46.4 Å². The number of benzene rings is 1. The number of hydrogen-bond acceptors (Lipinski definition) is 2. The Labute approximate surface area is 104 Å². The zero-order valence-electron chi connectivity index (χ0n) is 10.3. The van der Waals surface area contributed by atoms with Crippen LogP contribution in [0.3, 0.4) is 0 Å². The zero-order chi connectivity index (χ0) is 12.7. The lowest BCUT2D eigenvalue weighted by atomic mass is 10.2. The van der Waals surface area contributed by atoms with Gasteiger partial charge in [0.25, 0.3) is 0 Å². The van der Waals surface area contributed by atoms with Gasteiger partial charge < -0.3 is 0 Å². The summed E-state index contributed by atoms with van der Waals surface area (Å²) in [5, 5.41) is 1.15. The molecule has 0 unspecified atom stereocenters. The van der Waals surface area contributed by atoms with Crippen LogP contribution >= 0.6 is 0 Å². The molecule has 2 nitrogen and oxygen atoms in total. The maximum Gasteiger partial charge on any atom is 0.207 e. The fraction of sp³-hybridized carbons (Fsp3) is 0.357. The van der Waals surface area contributed by atoms with Gasteiger partial charge >= 0.3 is 0 Å². The molecule has 0 aliphatic rings. The van der Waals surface area contributed by atoms with E-state index in [9.17, 15) is 8.42 Å². The first-order valence-corrected chi connectivity index (χ1v) is 7.33. The highest BCUT2D eigenvalue weighted by molar-refractivity contribution is 7.94. The molecular formula is C14H18O2S. The predicted octanol–water partition coefficient (Wildman–Crippen LogP) is 3.63. The molecule has 0 fully saturated rings. The van der Waals surface area contributed by atoms with Crippen LogP contribution in [0.2, 0.25) is 0 Å². The minimum absolute atomic E-state index is 0.319. The van der Waals surface area contributed by atoms with Crippen LogP contribution in [0.5, 0.6) is 0 Å². The molecule has 0 saturated heterocycles. The number of unbranched alkanes of at least 4 members (excludes halogenated alkanes) is 2. The molecule has 1 rings (SSSR count). The summed E-state index contributed by atoms with van der Waals surface area (Å²) in [6.07, 6.45) is 4.81. The smallest absolute Gasteiger partial charge is 0.207 e. The van der Waals surface area contributed by atoms with E-state index in [0.717, 1.165) is 30.2 Å². The van der Waals surface area contributed by atoms with Gasteiger partial charge in [-0.05, 0) is 38.0 Å². The largest absolute Gasteiger partial charge is 0.218 e. The predicted molar refractivity (Wildman–Crippen MR) is 70.5 cm³/mol. The minimum Gasteiger partial charge on any atom is -0.218 e. The monoisotopic (exact) mass is 250 g/mol. The average Bonchev–Trinajstić information content (AvgIpc) is 2.29. The van der Waals surface area contributed by atoms with E-state index < -0.39 is 9.84 Å². The number of rotatable bonds is 5. The van der Waals surface area contributed by atoms with Crippen molar-refractivity contribution in [1.82, 2.24) is 0 Å². The number of hydrogen-bond donors (Lipinski definition) is 0. The van der Waals surface area contributed by atoms with Crippen LogP contribution in [0.25, 0.3) is 0 Å². The molecule has 0 spiro atoms. The van der Waals surface area contributed by atoms with Crippen molar-refractivity contribution in [1.29, 1.82) is 0 Å². The molecular weight excluding hydrogens is 232 g/mol. The van der Waals surface area contributed by atoms with Crippen molar-refractivity contribution in [3.05, 3.63) is 47.0 Å². The van der Waals surface area contributed by atoms with Gasteiger partial charge in [0.05, 0.1) is 10.3 Å². The second kappa shape index (κ2) is 6.43. The van der Waals surface area contributed by atoms with E-state index in [1.807, 2.05) is 6.92 Å². The summed E-state index contributed by atoms with van der Waals surface area (Å²) in [7, 11) is -3.33. The summed E-state index contributed by atoms with van der Waals surface area (Å²) >= 11 is 0. The van der Waals surface area contributed by atoms with E-state index in [2.05, 4.69) is 12.7 Å². The lowest BCUT2D eigenvalue weighted by Crippen LogP contribution is -1.95. The fourth-order valence-corrected chi connectivity index (χ4v) is 2.25. The van der Waals surface area contributed by atoms with Gasteiger partial charge in [0.1, 0.15) is 0 Å². The van der Waals surface area contributed by atoms with Crippen LogP contribution in [0.4, 0.5) is 0 Å². The Kier molecular flexibility index (Phi) is 5.20. The van der Waals surface area contributed by atoms with Crippen molar-refractivity contribution < 1.29 is 8.42 Å². The summed E-state index contributed by atoms with van der Waals surface area (Å²) in [5.74, 6) is 0. The third-order valence-electron chi connectivity index (χ3n) is 2.39. The standard InChI is InChI=1S/C14H18O2S/c1-3-4-5-6-7-12-17(15,16)14-10-8-13(2)9-11-14/h6,8-12H,3-5H2,1-2H3. The molecule has 0 bridgehead atoms. The van der Waals surface area contributed by atoms with Gasteiger partial charge in [-0.1, -0.05) is 31.0 Å². The van der Waals surface area contributed by atoms with Gasteiger partial charge in [-0.25, -0.2) is 8.42 Å². The molecule has 0 aromatic heterocycles. The Morgan fingerprint density at radius 2 is 1.88 bits per heavy atom. The minimum atomic E-state index is -3.33. The van der Waals surface area contributed by atoms with Crippen LogP contribution < -0.4 is 0 Å². The van der Waals surface area contributed by atoms with Crippen molar-refractivity contribution in [3.63, 3.8) is 0 Å². The van der Waals surface area contributed by atoms with E-state index in [-0.39, 0.29) is 0 Å². The van der Waals surface area contributed by atoms with Crippen LogP contribution in [0, 0.1) is 6.92 Å². The van der Waals surface area contributed by atoms with Gasteiger partial charge in [-0.2, -0.15) is 0 Å². The van der Waals surface area contributed by atoms with Gasteiger partial charge in [-0.15, -0.1) is 5.73 Å². The third kappa shape index (κ3) is 4.59. The van der Waals surface area contributed by atoms with Crippen LogP contribution in [-0.4, -0.2) is 8.42 Å². The Hall–Kier alpha value is -1.31. The summed E-state index contributed by atoms with van der Waals surface area (Å²) < 4.78 is 23.7. The van der Waals surface area contributed by atoms with Gasteiger partial charge in [-0.3, -0.25) is 0 Å². The molecule has 1 aromatic rings. The highest BCUT2D eigenvalue weighted by atomic mass is 32.2.